The van der Waals surface area contributed by atoms with E-state index < -0.39 is 11.7 Å². The van der Waals surface area contributed by atoms with Gasteiger partial charge in [-0.05, 0) is 24.6 Å². The molecule has 0 bridgehead atoms. The van der Waals surface area contributed by atoms with Crippen LogP contribution in [0.2, 0.25) is 0 Å². The molecule has 22 heavy (non-hydrogen) atoms. The highest BCUT2D eigenvalue weighted by Crippen LogP contribution is 2.14. The maximum atomic E-state index is 13.6. The molecule has 3 nitrogen and oxygen atoms in total. The lowest BCUT2D eigenvalue weighted by Crippen LogP contribution is -2.27. The second-order valence-electron chi connectivity index (χ2n) is 4.80. The maximum absolute atomic E-state index is 13.6. The third-order valence-electron chi connectivity index (χ3n) is 3.22. The van der Waals surface area contributed by atoms with Gasteiger partial charge >= 0.3 is 0 Å². The standard InChI is InChI=1S/C18H15FN2O/c1-13(14-7-3-2-4-8-14)21-18(22)16(12-20)11-15-9-5-6-10-17(15)19/h2-11,13H,1H3,(H,21,22)/b16-11-. The Bertz CT molecular complexity index is 732. The lowest BCUT2D eigenvalue weighted by Gasteiger charge is -2.13. The fourth-order valence-electron chi connectivity index (χ4n) is 2.00. The van der Waals surface area contributed by atoms with Gasteiger partial charge in [-0.3, -0.25) is 4.79 Å². The smallest absolute Gasteiger partial charge is 0.262 e. The molecule has 0 radical (unpaired) electrons. The molecule has 1 amide bonds. The predicted molar refractivity (Wildman–Crippen MR) is 83.0 cm³/mol. The Balaban J connectivity index is 2.17. The summed E-state index contributed by atoms with van der Waals surface area (Å²) in [6.07, 6.45) is 1.25. The highest BCUT2D eigenvalue weighted by atomic mass is 19.1. The Labute approximate surface area is 128 Å². The van der Waals surface area contributed by atoms with Gasteiger partial charge in [-0.2, -0.15) is 5.26 Å². The molecule has 0 heterocycles. The Morgan fingerprint density at radius 1 is 1.18 bits per heavy atom. The largest absolute Gasteiger partial charge is 0.345 e. The highest BCUT2D eigenvalue weighted by molar-refractivity contribution is 6.01. The number of benzene rings is 2. The van der Waals surface area contributed by atoms with E-state index in [9.17, 15) is 9.18 Å². The number of amides is 1. The van der Waals surface area contributed by atoms with Gasteiger partial charge in [0.05, 0.1) is 6.04 Å². The Morgan fingerprint density at radius 2 is 1.82 bits per heavy atom. The number of halogens is 1. The first kappa shape index (κ1) is 15.5. The van der Waals surface area contributed by atoms with Crippen LogP contribution in [0.4, 0.5) is 4.39 Å². The summed E-state index contributed by atoms with van der Waals surface area (Å²) in [6, 6.07) is 17.0. The van der Waals surface area contributed by atoms with Crippen molar-refractivity contribution in [3.63, 3.8) is 0 Å². The molecular formula is C18H15FN2O. The van der Waals surface area contributed by atoms with Crippen LogP contribution in [0.5, 0.6) is 0 Å². The first-order chi connectivity index (χ1) is 10.6. The first-order valence-electron chi connectivity index (χ1n) is 6.84. The summed E-state index contributed by atoms with van der Waals surface area (Å²) in [7, 11) is 0. The van der Waals surface area contributed by atoms with E-state index >= 15 is 0 Å². The van der Waals surface area contributed by atoms with E-state index in [1.54, 1.807) is 12.1 Å². The molecule has 1 unspecified atom stereocenters. The minimum Gasteiger partial charge on any atom is -0.345 e. The second-order valence-corrected chi connectivity index (χ2v) is 4.80. The summed E-state index contributed by atoms with van der Waals surface area (Å²) in [5.41, 5.74) is 1.01. The molecule has 0 fully saturated rings. The Morgan fingerprint density at radius 3 is 2.45 bits per heavy atom. The number of hydrogen-bond donors (Lipinski definition) is 1. The van der Waals surface area contributed by atoms with Crippen LogP contribution in [0.1, 0.15) is 24.1 Å². The summed E-state index contributed by atoms with van der Waals surface area (Å²) in [6.45, 7) is 1.82. The van der Waals surface area contributed by atoms with E-state index in [2.05, 4.69) is 5.32 Å². The molecule has 110 valence electrons. The summed E-state index contributed by atoms with van der Waals surface area (Å²) >= 11 is 0. The third-order valence-corrected chi connectivity index (χ3v) is 3.22. The van der Waals surface area contributed by atoms with E-state index in [0.29, 0.717) is 0 Å². The van der Waals surface area contributed by atoms with Crippen molar-refractivity contribution in [3.05, 3.63) is 77.1 Å². The van der Waals surface area contributed by atoms with Crippen molar-refractivity contribution in [1.29, 1.82) is 5.26 Å². The van der Waals surface area contributed by atoms with Crippen molar-refractivity contribution < 1.29 is 9.18 Å². The van der Waals surface area contributed by atoms with Crippen molar-refractivity contribution >= 4 is 12.0 Å². The van der Waals surface area contributed by atoms with Crippen molar-refractivity contribution in [2.75, 3.05) is 0 Å². The van der Waals surface area contributed by atoms with E-state index in [1.807, 2.05) is 43.3 Å². The number of carbonyl (C=O) groups excluding carboxylic acids is 1. The van der Waals surface area contributed by atoms with Crippen molar-refractivity contribution in [1.82, 2.24) is 5.32 Å². The summed E-state index contributed by atoms with van der Waals surface area (Å²) in [4.78, 5) is 12.1. The lowest BCUT2D eigenvalue weighted by atomic mass is 10.1. The number of nitriles is 1. The van der Waals surface area contributed by atoms with Crippen molar-refractivity contribution in [2.24, 2.45) is 0 Å². The third kappa shape index (κ3) is 3.80. The van der Waals surface area contributed by atoms with Gasteiger partial charge in [0.1, 0.15) is 17.5 Å². The quantitative estimate of drug-likeness (QED) is 0.692. The Kier molecular flexibility index (Phi) is 5.05. The molecule has 4 heteroatoms. The number of nitrogens with one attached hydrogen (secondary N) is 1. The van der Waals surface area contributed by atoms with Gasteiger partial charge in [0.2, 0.25) is 0 Å². The van der Waals surface area contributed by atoms with E-state index in [1.165, 1.54) is 18.2 Å². The average molecular weight is 294 g/mol. The molecule has 0 aromatic heterocycles. The molecule has 0 spiro atoms. The minimum absolute atomic E-state index is 0.132. The number of hydrogen-bond acceptors (Lipinski definition) is 2. The molecular weight excluding hydrogens is 279 g/mol. The lowest BCUT2D eigenvalue weighted by molar-refractivity contribution is -0.117. The molecule has 2 rings (SSSR count). The van der Waals surface area contributed by atoms with Gasteiger partial charge in [0.25, 0.3) is 5.91 Å². The normalized spacial score (nSPS) is 12.3. The van der Waals surface area contributed by atoms with Crippen molar-refractivity contribution in [3.8, 4) is 6.07 Å². The fourth-order valence-corrected chi connectivity index (χ4v) is 2.00. The molecule has 2 aromatic rings. The van der Waals surface area contributed by atoms with Crippen LogP contribution in [0.3, 0.4) is 0 Å². The molecule has 0 saturated heterocycles. The number of rotatable bonds is 4. The van der Waals surface area contributed by atoms with Crippen LogP contribution in [-0.2, 0) is 4.79 Å². The predicted octanol–water partition coefficient (Wildman–Crippen LogP) is 3.61. The van der Waals surface area contributed by atoms with Crippen LogP contribution in [0.15, 0.2) is 60.2 Å². The molecule has 0 aliphatic rings. The SMILES string of the molecule is CC(NC(=O)/C(C#N)=C\c1ccccc1F)c1ccccc1. The molecule has 0 aliphatic carbocycles. The number of nitrogens with zero attached hydrogens (tertiary/aromatic N) is 1. The van der Waals surface area contributed by atoms with Gasteiger partial charge < -0.3 is 5.32 Å². The van der Waals surface area contributed by atoms with Crippen LogP contribution >= 0.6 is 0 Å². The van der Waals surface area contributed by atoms with E-state index in [4.69, 9.17) is 5.26 Å². The summed E-state index contributed by atoms with van der Waals surface area (Å²) in [5.74, 6) is -0.999. The van der Waals surface area contributed by atoms with Gasteiger partial charge in [0, 0.05) is 5.56 Å². The topological polar surface area (TPSA) is 52.9 Å². The number of carbonyl (C=O) groups is 1. The van der Waals surface area contributed by atoms with Crippen LogP contribution in [-0.4, -0.2) is 5.91 Å². The Hall–Kier alpha value is -2.93. The zero-order valence-corrected chi connectivity index (χ0v) is 12.1. The molecule has 0 saturated carbocycles. The highest BCUT2D eigenvalue weighted by Gasteiger charge is 2.14. The molecule has 1 atom stereocenters. The van der Waals surface area contributed by atoms with Gasteiger partial charge in [-0.1, -0.05) is 48.5 Å². The van der Waals surface area contributed by atoms with Crippen LogP contribution in [0, 0.1) is 17.1 Å². The van der Waals surface area contributed by atoms with Gasteiger partial charge in [0.15, 0.2) is 0 Å². The fraction of sp³-hybridized carbons (Fsp3) is 0.111. The minimum atomic E-state index is -0.526. The van der Waals surface area contributed by atoms with E-state index in [0.717, 1.165) is 5.56 Å². The monoisotopic (exact) mass is 294 g/mol. The van der Waals surface area contributed by atoms with Gasteiger partial charge in [-0.25, -0.2) is 4.39 Å². The molecule has 2 aromatic carbocycles. The zero-order chi connectivity index (χ0) is 15.9. The summed E-state index contributed by atoms with van der Waals surface area (Å²) in [5, 5.41) is 11.9. The van der Waals surface area contributed by atoms with Crippen LogP contribution < -0.4 is 5.32 Å². The first-order valence-corrected chi connectivity index (χ1v) is 6.84. The zero-order valence-electron chi connectivity index (χ0n) is 12.1. The van der Waals surface area contributed by atoms with Gasteiger partial charge in [-0.15, -0.1) is 0 Å². The van der Waals surface area contributed by atoms with Crippen LogP contribution in [0.25, 0.3) is 6.08 Å². The molecule has 0 aliphatic heterocycles. The maximum Gasteiger partial charge on any atom is 0.262 e. The molecule has 1 N–H and O–H groups in total. The average Bonchev–Trinajstić information content (AvgIpc) is 2.54. The summed E-state index contributed by atoms with van der Waals surface area (Å²) < 4.78 is 13.6. The van der Waals surface area contributed by atoms with Crippen molar-refractivity contribution in [2.45, 2.75) is 13.0 Å². The second kappa shape index (κ2) is 7.19. The van der Waals surface area contributed by atoms with E-state index in [-0.39, 0.29) is 17.2 Å².